The van der Waals surface area contributed by atoms with Crippen molar-refractivity contribution in [1.82, 2.24) is 30.0 Å². The predicted octanol–water partition coefficient (Wildman–Crippen LogP) is 1.52. The van der Waals surface area contributed by atoms with E-state index in [4.69, 9.17) is 4.74 Å². The minimum Gasteiger partial charge on any atom is -0.474 e. The summed E-state index contributed by atoms with van der Waals surface area (Å²) in [7, 11) is 1.81. The van der Waals surface area contributed by atoms with Gasteiger partial charge in [0.15, 0.2) is 0 Å². The van der Waals surface area contributed by atoms with E-state index in [-0.39, 0.29) is 18.1 Å². The van der Waals surface area contributed by atoms with Gasteiger partial charge in [-0.3, -0.25) is 9.48 Å². The molecule has 3 N–H and O–H groups in total. The molecule has 0 aromatic carbocycles. The number of rotatable bonds is 6. The molecule has 1 aliphatic carbocycles. The van der Waals surface area contributed by atoms with E-state index in [0.29, 0.717) is 41.3 Å². The Morgan fingerprint density at radius 2 is 2.32 bits per heavy atom. The number of carbonyl (C=O) groups excluding carboxylic acids is 1. The Morgan fingerprint density at radius 3 is 3.00 bits per heavy atom. The van der Waals surface area contributed by atoms with Crippen LogP contribution in [0.4, 0.5) is 11.6 Å². The van der Waals surface area contributed by atoms with Gasteiger partial charge in [-0.05, 0) is 6.08 Å². The Kier molecular flexibility index (Phi) is 4.41. The summed E-state index contributed by atoms with van der Waals surface area (Å²) in [6, 6.07) is 2.17. The zero-order chi connectivity index (χ0) is 19.7. The summed E-state index contributed by atoms with van der Waals surface area (Å²) in [5.41, 5.74) is 1.65. The lowest BCUT2D eigenvalue weighted by atomic mass is 9.89. The van der Waals surface area contributed by atoms with Crippen molar-refractivity contribution >= 4 is 28.6 Å². The van der Waals surface area contributed by atoms with Crippen molar-refractivity contribution in [3.63, 3.8) is 0 Å². The average Bonchev–Trinajstić information content (AvgIpc) is 3.25. The number of ether oxygens (including phenoxy) is 1. The molecule has 4 rings (SSSR count). The zero-order valence-corrected chi connectivity index (χ0v) is 15.1. The maximum atomic E-state index is 11.4. The minimum absolute atomic E-state index is 0.0440. The van der Waals surface area contributed by atoms with Gasteiger partial charge in [0.1, 0.15) is 17.8 Å². The van der Waals surface area contributed by atoms with Crippen LogP contribution in [0.25, 0.3) is 11.0 Å². The molecular formula is C18H18N8O2. The third kappa shape index (κ3) is 3.37. The second-order valence-corrected chi connectivity index (χ2v) is 6.54. The molecule has 1 amide bonds. The summed E-state index contributed by atoms with van der Waals surface area (Å²) in [5, 5.41) is 19.9. The predicted molar refractivity (Wildman–Crippen MR) is 101 cm³/mol. The number of aryl methyl sites for hydroxylation is 1. The van der Waals surface area contributed by atoms with Crippen molar-refractivity contribution in [2.75, 3.05) is 5.32 Å². The third-order valence-corrected chi connectivity index (χ3v) is 4.48. The number of fused-ring (bicyclic) bond motifs is 1. The normalized spacial score (nSPS) is 18.1. The number of hydrogen-bond donors (Lipinski definition) is 3. The van der Waals surface area contributed by atoms with Crippen LogP contribution in [0.3, 0.4) is 0 Å². The number of anilines is 2. The van der Waals surface area contributed by atoms with E-state index in [1.165, 1.54) is 6.08 Å². The number of nitrogens with zero attached hydrogens (tertiary/aromatic N) is 5. The molecule has 1 fully saturated rings. The first kappa shape index (κ1) is 17.5. The van der Waals surface area contributed by atoms with E-state index in [1.54, 1.807) is 23.3 Å². The molecular weight excluding hydrogens is 360 g/mol. The Balaban J connectivity index is 1.57. The molecule has 3 aromatic heterocycles. The molecule has 10 heteroatoms. The molecule has 0 spiro atoms. The van der Waals surface area contributed by atoms with Crippen LogP contribution in [0.1, 0.15) is 18.4 Å². The molecule has 0 saturated heterocycles. The summed E-state index contributed by atoms with van der Waals surface area (Å²) in [6.45, 7) is 3.44. The van der Waals surface area contributed by atoms with Crippen LogP contribution in [0.5, 0.6) is 5.88 Å². The summed E-state index contributed by atoms with van der Waals surface area (Å²) >= 11 is 0. The maximum absolute atomic E-state index is 11.4. The first-order chi connectivity index (χ1) is 13.6. The number of aromatic amines is 1. The molecule has 3 heterocycles. The highest BCUT2D eigenvalue weighted by Crippen LogP contribution is 2.32. The molecule has 1 saturated carbocycles. The summed E-state index contributed by atoms with van der Waals surface area (Å²) in [4.78, 5) is 23.2. The van der Waals surface area contributed by atoms with Crippen LogP contribution in [-0.2, 0) is 11.8 Å². The van der Waals surface area contributed by atoms with Crippen LogP contribution >= 0.6 is 0 Å². The second kappa shape index (κ2) is 7.03. The van der Waals surface area contributed by atoms with Crippen LogP contribution in [0.2, 0.25) is 0 Å². The van der Waals surface area contributed by atoms with E-state index in [1.807, 2.05) is 7.05 Å². The SMILES string of the molecule is C=CC(=O)NC1CC(Oc2nc(Nc3cnn(C)c3)nc3[nH]cc(C#N)c23)C1. The molecule has 0 bridgehead atoms. The van der Waals surface area contributed by atoms with E-state index >= 15 is 0 Å². The minimum atomic E-state index is -0.201. The fourth-order valence-electron chi connectivity index (χ4n) is 3.04. The lowest BCUT2D eigenvalue weighted by molar-refractivity contribution is -0.118. The summed E-state index contributed by atoms with van der Waals surface area (Å²) in [6.07, 6.45) is 7.47. The van der Waals surface area contributed by atoms with Crippen molar-refractivity contribution in [3.8, 4) is 11.9 Å². The molecule has 0 aliphatic heterocycles. The van der Waals surface area contributed by atoms with Crippen molar-refractivity contribution < 1.29 is 9.53 Å². The Hall–Kier alpha value is -3.87. The molecule has 1 aliphatic rings. The monoisotopic (exact) mass is 378 g/mol. The molecule has 0 atom stereocenters. The lowest BCUT2D eigenvalue weighted by Gasteiger charge is -2.35. The van der Waals surface area contributed by atoms with Gasteiger partial charge in [-0.1, -0.05) is 6.58 Å². The van der Waals surface area contributed by atoms with Crippen LogP contribution < -0.4 is 15.4 Å². The average molecular weight is 378 g/mol. The summed E-state index contributed by atoms with van der Waals surface area (Å²) in [5.74, 6) is 0.457. The van der Waals surface area contributed by atoms with Gasteiger partial charge < -0.3 is 20.4 Å². The first-order valence-electron chi connectivity index (χ1n) is 8.70. The fraction of sp³-hybridized carbons (Fsp3) is 0.278. The molecule has 142 valence electrons. The number of carbonyl (C=O) groups is 1. The first-order valence-corrected chi connectivity index (χ1v) is 8.70. The number of amides is 1. The number of aromatic nitrogens is 5. The topological polar surface area (TPSA) is 134 Å². The quantitative estimate of drug-likeness (QED) is 0.554. The van der Waals surface area contributed by atoms with Gasteiger partial charge in [0.2, 0.25) is 17.7 Å². The van der Waals surface area contributed by atoms with E-state index < -0.39 is 0 Å². The van der Waals surface area contributed by atoms with Gasteiger partial charge in [0, 0.05) is 38.3 Å². The number of nitriles is 1. The van der Waals surface area contributed by atoms with Gasteiger partial charge >= 0.3 is 0 Å². The number of hydrogen-bond acceptors (Lipinski definition) is 7. The smallest absolute Gasteiger partial charge is 0.243 e. The highest BCUT2D eigenvalue weighted by molar-refractivity contribution is 5.88. The lowest BCUT2D eigenvalue weighted by Crippen LogP contribution is -2.48. The van der Waals surface area contributed by atoms with Crippen molar-refractivity contribution in [1.29, 1.82) is 5.26 Å². The second-order valence-electron chi connectivity index (χ2n) is 6.54. The Labute approximate surface area is 160 Å². The third-order valence-electron chi connectivity index (χ3n) is 4.48. The molecule has 3 aromatic rings. The molecule has 0 unspecified atom stereocenters. The van der Waals surface area contributed by atoms with Crippen LogP contribution in [0.15, 0.2) is 31.2 Å². The molecule has 10 nitrogen and oxygen atoms in total. The van der Waals surface area contributed by atoms with Gasteiger partial charge in [-0.15, -0.1) is 0 Å². The van der Waals surface area contributed by atoms with E-state index in [9.17, 15) is 10.1 Å². The van der Waals surface area contributed by atoms with Crippen molar-refractivity contribution in [2.24, 2.45) is 7.05 Å². The van der Waals surface area contributed by atoms with Gasteiger partial charge in [0.05, 0.1) is 22.8 Å². The Bertz CT molecular complexity index is 1090. The maximum Gasteiger partial charge on any atom is 0.243 e. The van der Waals surface area contributed by atoms with Crippen molar-refractivity contribution in [3.05, 3.63) is 36.8 Å². The highest BCUT2D eigenvalue weighted by Gasteiger charge is 2.33. The van der Waals surface area contributed by atoms with Crippen LogP contribution in [-0.4, -0.2) is 42.8 Å². The largest absolute Gasteiger partial charge is 0.474 e. The standard InChI is InChI=1S/C18H18N8O2/c1-3-14(27)22-11-4-13(5-11)28-17-15-10(6-19)7-20-16(15)24-18(25-17)23-12-8-21-26(2)9-12/h3,7-9,11,13H,1,4-5H2,2H3,(H,22,27)(H2,20,23,24,25). The summed E-state index contributed by atoms with van der Waals surface area (Å²) < 4.78 is 7.69. The van der Waals surface area contributed by atoms with E-state index in [0.717, 1.165) is 5.69 Å². The fourth-order valence-corrected chi connectivity index (χ4v) is 3.04. The molecule has 0 radical (unpaired) electrons. The number of H-pyrrole nitrogens is 1. The highest BCUT2D eigenvalue weighted by atomic mass is 16.5. The Morgan fingerprint density at radius 1 is 1.50 bits per heavy atom. The van der Waals surface area contributed by atoms with Gasteiger partial charge in [0.25, 0.3) is 0 Å². The van der Waals surface area contributed by atoms with Gasteiger partial charge in [-0.25, -0.2) is 0 Å². The van der Waals surface area contributed by atoms with Crippen molar-refractivity contribution in [2.45, 2.75) is 25.0 Å². The molecule has 28 heavy (non-hydrogen) atoms. The van der Waals surface area contributed by atoms with E-state index in [2.05, 4.69) is 43.3 Å². The van der Waals surface area contributed by atoms with Crippen LogP contribution in [0, 0.1) is 11.3 Å². The van der Waals surface area contributed by atoms with Gasteiger partial charge in [-0.2, -0.15) is 20.3 Å². The number of nitrogens with one attached hydrogen (secondary N) is 3. The zero-order valence-electron chi connectivity index (χ0n) is 15.1.